The van der Waals surface area contributed by atoms with Gasteiger partial charge in [-0.25, -0.2) is 9.78 Å². The summed E-state index contributed by atoms with van der Waals surface area (Å²) in [4.78, 5) is 20.9. The first-order valence-electron chi connectivity index (χ1n) is 10.6. The number of aliphatic hydroxyl groups excluding tert-OH is 1. The van der Waals surface area contributed by atoms with E-state index < -0.39 is 0 Å². The molecule has 1 atom stereocenters. The summed E-state index contributed by atoms with van der Waals surface area (Å²) in [6.07, 6.45) is 3.31. The van der Waals surface area contributed by atoms with Gasteiger partial charge in [0, 0.05) is 15.0 Å². The molecule has 3 aromatic rings. The number of methoxy groups -OCH3 is 1. The highest BCUT2D eigenvalue weighted by atomic mass is 79.9. The number of nitrogens with zero attached hydrogens (tertiary/aromatic N) is 1. The van der Waals surface area contributed by atoms with Crippen molar-refractivity contribution in [2.75, 3.05) is 7.11 Å². The standard InChI is InChI=1S/C23H26Br2N4O3/c1-32-16-8-2-13(3-9-16)10-21(29-23(31)26-14-4-6-15(30)7-5-14)22-27-19-11-17(24)18(25)12-20(19)28-22/h2-3,8-9,11-12,14-15,21,30H,4-7,10H2,1H3,(H,27,28)(H2,26,29,31). The van der Waals surface area contributed by atoms with E-state index in [1.165, 1.54) is 0 Å². The van der Waals surface area contributed by atoms with Gasteiger partial charge in [-0.05, 0) is 93.8 Å². The molecule has 9 heteroatoms. The summed E-state index contributed by atoms with van der Waals surface area (Å²) < 4.78 is 7.10. The number of ether oxygens (including phenoxy) is 1. The lowest BCUT2D eigenvalue weighted by Gasteiger charge is -2.27. The highest BCUT2D eigenvalue weighted by molar-refractivity contribution is 9.13. The molecule has 0 spiro atoms. The maximum atomic E-state index is 12.8. The van der Waals surface area contributed by atoms with Gasteiger partial charge in [-0.3, -0.25) is 0 Å². The SMILES string of the molecule is COc1ccc(CC(NC(=O)NC2CCC(O)CC2)c2nc3cc(Br)c(Br)cc3[nH]2)cc1. The predicted octanol–water partition coefficient (Wildman–Crippen LogP) is 4.98. The molecule has 1 fully saturated rings. The first-order valence-corrected chi connectivity index (χ1v) is 12.2. The fourth-order valence-electron chi connectivity index (χ4n) is 4.01. The number of fused-ring (bicyclic) bond motifs is 1. The summed E-state index contributed by atoms with van der Waals surface area (Å²) in [5.41, 5.74) is 2.76. The lowest BCUT2D eigenvalue weighted by Crippen LogP contribution is -2.45. The Hall–Kier alpha value is -2.10. The molecule has 1 unspecified atom stereocenters. The molecular weight excluding hydrogens is 540 g/mol. The quantitative estimate of drug-likeness (QED) is 0.338. The Morgan fingerprint density at radius 1 is 1.19 bits per heavy atom. The Balaban J connectivity index is 1.55. The van der Waals surface area contributed by atoms with Crippen molar-refractivity contribution in [1.82, 2.24) is 20.6 Å². The molecule has 2 amide bonds. The predicted molar refractivity (Wildman–Crippen MR) is 131 cm³/mol. The first-order chi connectivity index (χ1) is 15.4. The van der Waals surface area contributed by atoms with Crippen LogP contribution in [0.25, 0.3) is 11.0 Å². The molecule has 170 valence electrons. The van der Waals surface area contributed by atoms with Crippen molar-refractivity contribution >= 4 is 48.9 Å². The zero-order valence-corrected chi connectivity index (χ0v) is 20.9. The van der Waals surface area contributed by atoms with Crippen molar-refractivity contribution < 1.29 is 14.6 Å². The third kappa shape index (κ3) is 5.63. The van der Waals surface area contributed by atoms with Crippen LogP contribution in [0.1, 0.15) is 43.1 Å². The van der Waals surface area contributed by atoms with E-state index in [-0.39, 0.29) is 24.2 Å². The number of aromatic nitrogens is 2. The molecule has 32 heavy (non-hydrogen) atoms. The van der Waals surface area contributed by atoms with Crippen LogP contribution in [-0.2, 0) is 6.42 Å². The van der Waals surface area contributed by atoms with Crippen LogP contribution < -0.4 is 15.4 Å². The molecule has 0 bridgehead atoms. The normalized spacial score (nSPS) is 19.5. The van der Waals surface area contributed by atoms with Crippen LogP contribution in [0.2, 0.25) is 0 Å². The minimum atomic E-state index is -0.345. The van der Waals surface area contributed by atoms with E-state index in [4.69, 9.17) is 9.72 Å². The average molecular weight is 566 g/mol. The number of carbonyl (C=O) groups is 1. The molecule has 7 nitrogen and oxygen atoms in total. The van der Waals surface area contributed by atoms with Gasteiger partial charge in [0.15, 0.2) is 0 Å². The van der Waals surface area contributed by atoms with Crippen LogP contribution in [0.5, 0.6) is 5.75 Å². The van der Waals surface area contributed by atoms with E-state index in [1.807, 2.05) is 36.4 Å². The maximum absolute atomic E-state index is 12.8. The Morgan fingerprint density at radius 3 is 2.56 bits per heavy atom. The number of H-pyrrole nitrogens is 1. The zero-order chi connectivity index (χ0) is 22.7. The highest BCUT2D eigenvalue weighted by Gasteiger charge is 2.24. The van der Waals surface area contributed by atoms with E-state index in [0.717, 1.165) is 44.1 Å². The molecular formula is C23H26Br2N4O3. The number of aromatic amines is 1. The van der Waals surface area contributed by atoms with Crippen LogP contribution >= 0.6 is 31.9 Å². The third-order valence-electron chi connectivity index (χ3n) is 5.81. The maximum Gasteiger partial charge on any atom is 0.315 e. The smallest absolute Gasteiger partial charge is 0.315 e. The van der Waals surface area contributed by atoms with Crippen molar-refractivity contribution in [3.63, 3.8) is 0 Å². The van der Waals surface area contributed by atoms with Crippen LogP contribution in [-0.4, -0.2) is 40.4 Å². The molecule has 1 aliphatic carbocycles. The fraction of sp³-hybridized carbons (Fsp3) is 0.391. The number of carbonyl (C=O) groups excluding carboxylic acids is 1. The minimum Gasteiger partial charge on any atom is -0.497 e. The number of amides is 2. The van der Waals surface area contributed by atoms with Gasteiger partial charge < -0.3 is 25.5 Å². The third-order valence-corrected chi connectivity index (χ3v) is 7.65. The van der Waals surface area contributed by atoms with Crippen LogP contribution in [0.3, 0.4) is 0 Å². The Morgan fingerprint density at radius 2 is 1.88 bits per heavy atom. The molecule has 2 aromatic carbocycles. The van der Waals surface area contributed by atoms with Gasteiger partial charge in [0.1, 0.15) is 11.6 Å². The van der Waals surface area contributed by atoms with E-state index in [2.05, 4.69) is 47.5 Å². The molecule has 1 saturated carbocycles. The number of benzene rings is 2. The van der Waals surface area contributed by atoms with Gasteiger partial charge in [0.05, 0.1) is 30.3 Å². The highest BCUT2D eigenvalue weighted by Crippen LogP contribution is 2.29. The number of urea groups is 1. The summed E-state index contributed by atoms with van der Waals surface area (Å²) in [6.45, 7) is 0. The number of hydrogen-bond acceptors (Lipinski definition) is 4. The van der Waals surface area contributed by atoms with Gasteiger partial charge in [-0.2, -0.15) is 0 Å². The Kier molecular flexibility index (Phi) is 7.37. The van der Waals surface area contributed by atoms with Crippen LogP contribution in [0, 0.1) is 0 Å². The van der Waals surface area contributed by atoms with Crippen molar-refractivity contribution in [1.29, 1.82) is 0 Å². The van der Waals surface area contributed by atoms with Crippen molar-refractivity contribution in [3.05, 3.63) is 56.7 Å². The summed E-state index contributed by atoms with van der Waals surface area (Å²) >= 11 is 7.05. The Labute approximate surface area is 203 Å². The molecule has 1 heterocycles. The molecule has 0 aliphatic heterocycles. The molecule has 0 saturated heterocycles. The lowest BCUT2D eigenvalue weighted by molar-refractivity contribution is 0.117. The average Bonchev–Trinajstić information content (AvgIpc) is 3.18. The number of halogens is 2. The van der Waals surface area contributed by atoms with Gasteiger partial charge in [-0.1, -0.05) is 12.1 Å². The number of aliphatic hydroxyl groups is 1. The monoisotopic (exact) mass is 564 g/mol. The summed E-state index contributed by atoms with van der Waals surface area (Å²) in [6, 6.07) is 11.2. The van der Waals surface area contributed by atoms with E-state index in [0.29, 0.717) is 25.1 Å². The van der Waals surface area contributed by atoms with E-state index >= 15 is 0 Å². The molecule has 4 N–H and O–H groups in total. The van der Waals surface area contributed by atoms with Crippen molar-refractivity contribution in [2.45, 2.75) is 50.3 Å². The summed E-state index contributed by atoms with van der Waals surface area (Å²) in [7, 11) is 1.64. The van der Waals surface area contributed by atoms with E-state index in [1.54, 1.807) is 7.11 Å². The molecule has 1 aliphatic rings. The number of hydrogen-bond donors (Lipinski definition) is 4. The number of imidazole rings is 1. The van der Waals surface area contributed by atoms with Gasteiger partial charge >= 0.3 is 6.03 Å². The van der Waals surface area contributed by atoms with E-state index in [9.17, 15) is 9.90 Å². The van der Waals surface area contributed by atoms with Crippen LogP contribution in [0.4, 0.5) is 4.79 Å². The molecule has 0 radical (unpaired) electrons. The van der Waals surface area contributed by atoms with Crippen molar-refractivity contribution in [3.8, 4) is 5.75 Å². The lowest BCUT2D eigenvalue weighted by atomic mass is 9.93. The molecule has 4 rings (SSSR count). The van der Waals surface area contributed by atoms with Gasteiger partial charge in [0.25, 0.3) is 0 Å². The van der Waals surface area contributed by atoms with Crippen molar-refractivity contribution in [2.24, 2.45) is 0 Å². The second-order valence-electron chi connectivity index (χ2n) is 8.13. The Bertz CT molecular complexity index is 1040. The largest absolute Gasteiger partial charge is 0.497 e. The second-order valence-corrected chi connectivity index (χ2v) is 9.84. The topological polar surface area (TPSA) is 99.3 Å². The number of rotatable bonds is 6. The fourth-order valence-corrected chi connectivity index (χ4v) is 4.68. The number of nitrogens with one attached hydrogen (secondary N) is 3. The zero-order valence-electron chi connectivity index (χ0n) is 17.7. The molecule has 1 aromatic heterocycles. The van der Waals surface area contributed by atoms with Gasteiger partial charge in [0.2, 0.25) is 0 Å². The first kappa shape index (κ1) is 23.1. The minimum absolute atomic E-state index is 0.0719. The summed E-state index contributed by atoms with van der Waals surface area (Å²) in [5.74, 6) is 1.48. The van der Waals surface area contributed by atoms with Crippen LogP contribution in [0.15, 0.2) is 45.3 Å². The summed E-state index contributed by atoms with van der Waals surface area (Å²) in [5, 5.41) is 15.9. The van der Waals surface area contributed by atoms with Gasteiger partial charge in [-0.15, -0.1) is 0 Å². The second kappa shape index (κ2) is 10.2.